The Balaban J connectivity index is 2.11. The average Bonchev–Trinajstić information content (AvgIpc) is 2.73. The van der Waals surface area contributed by atoms with Gasteiger partial charge >= 0.3 is 0 Å². The maximum atomic E-state index is 11.2. The minimum absolute atomic E-state index is 0.406. The molecule has 0 bridgehead atoms. The molecule has 0 fully saturated rings. The maximum absolute atomic E-state index is 11.2. The molecule has 0 aliphatic carbocycles. The van der Waals surface area contributed by atoms with Crippen molar-refractivity contribution in [2.45, 2.75) is 6.54 Å². The number of hydrogen-bond donors (Lipinski definition) is 2. The number of aromatic nitrogens is 1. The first-order valence-electron chi connectivity index (χ1n) is 4.88. The molecule has 0 atom stereocenters. The number of primary amides is 1. The maximum Gasteiger partial charge on any atom is 0.252 e. The van der Waals surface area contributed by atoms with Crippen LogP contribution in [-0.4, -0.2) is 10.9 Å². The van der Waals surface area contributed by atoms with Crippen LogP contribution in [0.3, 0.4) is 0 Å². The van der Waals surface area contributed by atoms with Crippen LogP contribution in [0.15, 0.2) is 34.2 Å². The van der Waals surface area contributed by atoms with Gasteiger partial charge in [-0.05, 0) is 34.1 Å². The molecule has 0 aliphatic heterocycles. The minimum atomic E-state index is -0.479. The number of carbonyl (C=O) groups excluding carboxylic acids is 1. The van der Waals surface area contributed by atoms with Crippen molar-refractivity contribution < 1.29 is 4.79 Å². The van der Waals surface area contributed by atoms with Gasteiger partial charge in [0.15, 0.2) is 0 Å². The molecule has 0 saturated carbocycles. The number of halogens is 1. The Bertz CT molecular complexity index is 541. The zero-order chi connectivity index (χ0) is 12.3. The molecule has 88 valence electrons. The number of pyridine rings is 1. The van der Waals surface area contributed by atoms with Crippen molar-refractivity contribution in [3.8, 4) is 0 Å². The molecule has 0 aromatic carbocycles. The van der Waals surface area contributed by atoms with Gasteiger partial charge in [0, 0.05) is 20.9 Å². The topological polar surface area (TPSA) is 68.0 Å². The number of amides is 1. The summed E-state index contributed by atoms with van der Waals surface area (Å²) >= 11 is 5.02. The van der Waals surface area contributed by atoms with E-state index >= 15 is 0 Å². The van der Waals surface area contributed by atoms with Crippen LogP contribution in [0.4, 0.5) is 5.82 Å². The fourth-order valence-electron chi connectivity index (χ4n) is 1.36. The van der Waals surface area contributed by atoms with Gasteiger partial charge in [0.2, 0.25) is 0 Å². The van der Waals surface area contributed by atoms with Crippen molar-refractivity contribution >= 4 is 39.0 Å². The Labute approximate surface area is 111 Å². The molecule has 2 rings (SSSR count). The Morgan fingerprint density at radius 1 is 1.59 bits per heavy atom. The Morgan fingerprint density at radius 3 is 3.06 bits per heavy atom. The smallest absolute Gasteiger partial charge is 0.252 e. The molecule has 0 aliphatic rings. The second-order valence-electron chi connectivity index (χ2n) is 3.35. The van der Waals surface area contributed by atoms with Gasteiger partial charge in [-0.15, -0.1) is 11.3 Å². The predicted octanol–water partition coefficient (Wildman–Crippen LogP) is 2.62. The molecule has 1 amide bonds. The van der Waals surface area contributed by atoms with Gasteiger partial charge < -0.3 is 11.1 Å². The Kier molecular flexibility index (Phi) is 3.75. The summed E-state index contributed by atoms with van der Waals surface area (Å²) in [6.07, 6.45) is 1.62. The van der Waals surface area contributed by atoms with Crippen molar-refractivity contribution in [1.82, 2.24) is 4.98 Å². The van der Waals surface area contributed by atoms with Crippen LogP contribution < -0.4 is 11.1 Å². The van der Waals surface area contributed by atoms with Crippen LogP contribution >= 0.6 is 27.3 Å². The Morgan fingerprint density at radius 2 is 2.41 bits per heavy atom. The first kappa shape index (κ1) is 12.1. The van der Waals surface area contributed by atoms with Gasteiger partial charge in [-0.3, -0.25) is 4.79 Å². The summed E-state index contributed by atoms with van der Waals surface area (Å²) in [5.74, 6) is 0.0393. The zero-order valence-electron chi connectivity index (χ0n) is 8.81. The molecule has 17 heavy (non-hydrogen) atoms. The molecule has 0 spiro atoms. The molecular formula is C11H10BrN3OS. The van der Waals surface area contributed by atoms with Crippen molar-refractivity contribution in [2.75, 3.05) is 5.32 Å². The van der Waals surface area contributed by atoms with E-state index in [0.29, 0.717) is 17.9 Å². The quantitative estimate of drug-likeness (QED) is 0.912. The highest BCUT2D eigenvalue weighted by Crippen LogP contribution is 2.21. The molecule has 2 aromatic rings. The van der Waals surface area contributed by atoms with Gasteiger partial charge in [-0.2, -0.15) is 0 Å². The van der Waals surface area contributed by atoms with Crippen LogP contribution in [0.25, 0.3) is 0 Å². The minimum Gasteiger partial charge on any atom is -0.365 e. The number of carbonyl (C=O) groups is 1. The standard InChI is InChI=1S/C11H10BrN3OS/c12-7-4-8(17-6-7)5-15-11-9(10(13)16)2-1-3-14-11/h1-4,6H,5H2,(H2,13,16)(H,14,15). The molecule has 3 N–H and O–H groups in total. The third-order valence-corrected chi connectivity index (χ3v) is 3.82. The van der Waals surface area contributed by atoms with Crippen LogP contribution in [0, 0.1) is 0 Å². The highest BCUT2D eigenvalue weighted by atomic mass is 79.9. The van der Waals surface area contributed by atoms with Gasteiger partial charge in [0.1, 0.15) is 5.82 Å². The molecular weight excluding hydrogens is 302 g/mol. The van der Waals surface area contributed by atoms with E-state index in [1.165, 1.54) is 0 Å². The van der Waals surface area contributed by atoms with Gasteiger partial charge in [0.25, 0.3) is 5.91 Å². The lowest BCUT2D eigenvalue weighted by Crippen LogP contribution is -2.15. The average molecular weight is 312 g/mol. The van der Waals surface area contributed by atoms with E-state index in [0.717, 1.165) is 9.35 Å². The number of hydrogen-bond acceptors (Lipinski definition) is 4. The van der Waals surface area contributed by atoms with E-state index in [-0.39, 0.29) is 0 Å². The fraction of sp³-hybridized carbons (Fsp3) is 0.0909. The summed E-state index contributed by atoms with van der Waals surface area (Å²) < 4.78 is 1.05. The number of rotatable bonds is 4. The third kappa shape index (κ3) is 3.04. The van der Waals surface area contributed by atoms with Crippen molar-refractivity contribution in [3.63, 3.8) is 0 Å². The predicted molar refractivity (Wildman–Crippen MR) is 72.1 cm³/mol. The zero-order valence-corrected chi connectivity index (χ0v) is 11.2. The van der Waals surface area contributed by atoms with Crippen LogP contribution in [0.2, 0.25) is 0 Å². The highest BCUT2D eigenvalue weighted by molar-refractivity contribution is 9.10. The lowest BCUT2D eigenvalue weighted by Gasteiger charge is -2.07. The van der Waals surface area contributed by atoms with E-state index in [2.05, 4.69) is 26.2 Å². The second kappa shape index (κ2) is 5.29. The summed E-state index contributed by atoms with van der Waals surface area (Å²) in [5.41, 5.74) is 5.67. The van der Waals surface area contributed by atoms with Crippen LogP contribution in [0.5, 0.6) is 0 Å². The number of anilines is 1. The number of nitrogens with one attached hydrogen (secondary N) is 1. The van der Waals surface area contributed by atoms with Crippen molar-refractivity contribution in [2.24, 2.45) is 5.73 Å². The molecule has 6 heteroatoms. The summed E-state index contributed by atoms with van der Waals surface area (Å²) in [6.45, 7) is 0.619. The highest BCUT2D eigenvalue weighted by Gasteiger charge is 2.08. The van der Waals surface area contributed by atoms with E-state index < -0.39 is 5.91 Å². The lowest BCUT2D eigenvalue weighted by molar-refractivity contribution is 0.100. The van der Waals surface area contributed by atoms with Crippen LogP contribution in [0.1, 0.15) is 15.2 Å². The lowest BCUT2D eigenvalue weighted by atomic mass is 10.2. The summed E-state index contributed by atoms with van der Waals surface area (Å²) in [6, 6.07) is 5.36. The van der Waals surface area contributed by atoms with Crippen LogP contribution in [-0.2, 0) is 6.54 Å². The largest absolute Gasteiger partial charge is 0.365 e. The summed E-state index contributed by atoms with van der Waals surface area (Å²) in [5, 5.41) is 5.11. The first-order chi connectivity index (χ1) is 8.16. The summed E-state index contributed by atoms with van der Waals surface area (Å²) in [4.78, 5) is 16.4. The van der Waals surface area contributed by atoms with E-state index in [1.54, 1.807) is 29.7 Å². The number of thiophene rings is 1. The van der Waals surface area contributed by atoms with Gasteiger partial charge in [0.05, 0.1) is 12.1 Å². The molecule has 4 nitrogen and oxygen atoms in total. The van der Waals surface area contributed by atoms with E-state index in [9.17, 15) is 4.79 Å². The molecule has 0 saturated heterocycles. The van der Waals surface area contributed by atoms with E-state index in [1.807, 2.05) is 11.4 Å². The Hall–Kier alpha value is -1.40. The number of nitrogens with two attached hydrogens (primary N) is 1. The fourth-order valence-corrected chi connectivity index (χ4v) is 2.75. The third-order valence-electron chi connectivity index (χ3n) is 2.12. The SMILES string of the molecule is NC(=O)c1cccnc1NCc1cc(Br)cs1. The monoisotopic (exact) mass is 311 g/mol. The molecule has 2 heterocycles. The van der Waals surface area contributed by atoms with E-state index in [4.69, 9.17) is 5.73 Å². The normalized spacial score (nSPS) is 10.2. The number of nitrogens with zero attached hydrogens (tertiary/aromatic N) is 1. The molecule has 0 radical (unpaired) electrons. The first-order valence-corrected chi connectivity index (χ1v) is 6.55. The molecule has 2 aromatic heterocycles. The second-order valence-corrected chi connectivity index (χ2v) is 5.26. The van der Waals surface area contributed by atoms with Gasteiger partial charge in [-0.1, -0.05) is 0 Å². The summed E-state index contributed by atoms with van der Waals surface area (Å²) in [7, 11) is 0. The van der Waals surface area contributed by atoms with Gasteiger partial charge in [-0.25, -0.2) is 4.98 Å². The van der Waals surface area contributed by atoms with Crippen molar-refractivity contribution in [3.05, 3.63) is 44.7 Å². The molecule has 0 unspecified atom stereocenters. The van der Waals surface area contributed by atoms with Crippen molar-refractivity contribution in [1.29, 1.82) is 0 Å².